The summed E-state index contributed by atoms with van der Waals surface area (Å²) in [5.41, 5.74) is 9.44. The fraction of sp³-hybridized carbons (Fsp3) is 0.607. The summed E-state index contributed by atoms with van der Waals surface area (Å²) in [6.07, 6.45) is 30.6. The number of H-pyrrole nitrogens is 1. The molecule has 2 aliphatic carbocycles. The summed E-state index contributed by atoms with van der Waals surface area (Å²) in [4.78, 5) is 71.3. The molecule has 2 unspecified atom stereocenters. The monoisotopic (exact) mass is 1150 g/mol. The molecule has 83 heavy (non-hydrogen) atoms. The molecular formula is C61H90N14O8. The Balaban J connectivity index is 0.000000236. The molecule has 0 amide bonds. The molecule has 2 atom stereocenters. The summed E-state index contributed by atoms with van der Waals surface area (Å²) >= 11 is 0. The molecule has 10 rings (SSSR count). The van der Waals surface area contributed by atoms with Gasteiger partial charge in [-0.25, -0.2) is 9.97 Å². The number of unbranched alkanes of at least 4 members (excludes halogenated alkanes) is 6. The highest BCUT2D eigenvalue weighted by molar-refractivity contribution is 5.86. The van der Waals surface area contributed by atoms with Crippen molar-refractivity contribution in [3.05, 3.63) is 66.1 Å². The normalized spacial score (nSPS) is 17.4. The van der Waals surface area contributed by atoms with E-state index in [0.717, 1.165) is 154 Å². The van der Waals surface area contributed by atoms with Gasteiger partial charge in [-0.3, -0.25) is 14.2 Å². The number of ketones is 1. The van der Waals surface area contributed by atoms with Crippen molar-refractivity contribution in [2.45, 2.75) is 199 Å². The van der Waals surface area contributed by atoms with E-state index in [4.69, 9.17) is 49.7 Å². The number of ether oxygens (including phenoxy) is 4. The number of nitroso groups, excluding NO2 is 1. The Morgan fingerprint density at radius 1 is 0.639 bits per heavy atom. The number of anilines is 6. The number of hydrogen-bond acceptors (Lipinski definition) is 20. The molecule has 2 aromatic carbocycles. The number of nitrogens with zero attached hydrogens (tertiary/aromatic N) is 9. The van der Waals surface area contributed by atoms with Crippen LogP contribution in [0.1, 0.15) is 181 Å². The summed E-state index contributed by atoms with van der Waals surface area (Å²) < 4.78 is 25.6. The third kappa shape index (κ3) is 18.7. The zero-order valence-corrected chi connectivity index (χ0v) is 48.2. The standard InChI is InChI=1S/C35H50N6O4.C25H35N7O3.CH4.HNO/c1-40(27-13-5-4-6-14-27)33-32-34(41(25-36-32)31-17-9-12-24-45-31)39-35(38-33)37-26-18-20-28(21-19-26)43-22-10-3-2-7-15-29(42)30-16-8-11-23-44-30;1-32(19-9-5-4-6-10-19)24-22-23(28-17-27-22)30-25(31-24)29-18-12-14-20(15-13-18)34-16-8-3-2-7-11-21(33)35-26;;1-2/h18-21,25,27,30-31H,2-17,22-24H2,1H3,(H,37,38,39);12-15,17,19H,2-11,16,26H2,1H3,(H2,27,28,29,30,31);1H4;1H. The minimum absolute atomic E-state index is 0. The van der Waals surface area contributed by atoms with Gasteiger partial charge < -0.3 is 49.2 Å². The molecular weight excluding hydrogens is 1060 g/mol. The molecule has 22 heteroatoms. The molecule has 6 heterocycles. The second-order valence-electron chi connectivity index (χ2n) is 21.9. The van der Waals surface area contributed by atoms with Crippen LogP contribution < -0.4 is 35.8 Å². The molecule has 4 aromatic heterocycles. The van der Waals surface area contributed by atoms with E-state index in [2.05, 4.69) is 64.5 Å². The number of imidazole rings is 2. The molecule has 6 aromatic rings. The average molecular weight is 1150 g/mol. The Morgan fingerprint density at radius 3 is 1.73 bits per heavy atom. The predicted molar refractivity (Wildman–Crippen MR) is 325 cm³/mol. The number of aromatic nitrogens is 8. The van der Waals surface area contributed by atoms with Gasteiger partial charge in [-0.05, 0) is 138 Å². The predicted octanol–water partition coefficient (Wildman–Crippen LogP) is 13.1. The molecule has 4 fully saturated rings. The van der Waals surface area contributed by atoms with Gasteiger partial charge in [0.2, 0.25) is 11.9 Å². The summed E-state index contributed by atoms with van der Waals surface area (Å²) in [6.45, 7) is 2.79. The first-order chi connectivity index (χ1) is 40.3. The van der Waals surface area contributed by atoms with Crippen LogP contribution >= 0.6 is 0 Å². The number of nitrogens with two attached hydrogens (primary N) is 1. The number of carbonyl (C=O) groups is 2. The lowest BCUT2D eigenvalue weighted by atomic mass is 9.94. The zero-order valence-electron chi connectivity index (χ0n) is 48.2. The van der Waals surface area contributed by atoms with Gasteiger partial charge in [-0.15, -0.1) is 0 Å². The van der Waals surface area contributed by atoms with E-state index in [9.17, 15) is 9.59 Å². The Bertz CT molecular complexity index is 2850. The van der Waals surface area contributed by atoms with Crippen molar-refractivity contribution in [1.29, 1.82) is 5.59 Å². The van der Waals surface area contributed by atoms with Crippen molar-refractivity contribution in [2.24, 2.45) is 5.90 Å². The van der Waals surface area contributed by atoms with Crippen LogP contribution in [0.2, 0.25) is 0 Å². The molecule has 452 valence electrons. The van der Waals surface area contributed by atoms with Gasteiger partial charge in [0.25, 0.3) is 0 Å². The lowest BCUT2D eigenvalue weighted by Crippen LogP contribution is -2.34. The van der Waals surface area contributed by atoms with Crippen LogP contribution in [0, 0.1) is 10.5 Å². The Kier molecular flexibility index (Phi) is 26.0. The van der Waals surface area contributed by atoms with Crippen LogP contribution in [0.15, 0.2) is 61.2 Å². The first-order valence-corrected chi connectivity index (χ1v) is 30.1. The van der Waals surface area contributed by atoms with Gasteiger partial charge in [-0.2, -0.15) is 30.7 Å². The average Bonchev–Trinajstić information content (AvgIpc) is 4.41. The number of benzene rings is 2. The number of nitrogens with one attached hydrogen (secondary N) is 4. The fourth-order valence-corrected chi connectivity index (χ4v) is 11.4. The Morgan fingerprint density at radius 2 is 1.17 bits per heavy atom. The number of hydrogen-bond donors (Lipinski definition) is 5. The summed E-state index contributed by atoms with van der Waals surface area (Å²) in [5.74, 6) is 9.22. The van der Waals surface area contributed by atoms with Crippen molar-refractivity contribution >= 4 is 69.0 Å². The zero-order chi connectivity index (χ0) is 57.3. The minimum Gasteiger partial charge on any atom is -0.494 e. The third-order valence-corrected chi connectivity index (χ3v) is 16.1. The first kappa shape index (κ1) is 63.5. The lowest BCUT2D eigenvalue weighted by molar-refractivity contribution is -0.144. The summed E-state index contributed by atoms with van der Waals surface area (Å²) in [5, 5.41) is 6.75. The number of rotatable bonds is 26. The molecule has 4 aliphatic rings. The van der Waals surface area contributed by atoms with Crippen molar-refractivity contribution in [3.63, 3.8) is 0 Å². The second kappa shape index (κ2) is 33.9. The number of aromatic amines is 1. The van der Waals surface area contributed by atoms with E-state index in [0.29, 0.717) is 55.7 Å². The molecule has 22 nitrogen and oxygen atoms in total. The maximum Gasteiger partial charge on any atom is 0.324 e. The number of Topliss-reactive ketones (excluding diaryl/α,β-unsaturated/α-hetero) is 1. The summed E-state index contributed by atoms with van der Waals surface area (Å²) in [7, 11) is 4.26. The molecule has 2 saturated heterocycles. The largest absolute Gasteiger partial charge is 0.494 e. The van der Waals surface area contributed by atoms with E-state index < -0.39 is 0 Å². The van der Waals surface area contributed by atoms with Gasteiger partial charge in [0.1, 0.15) is 29.3 Å². The highest BCUT2D eigenvalue weighted by atomic mass is 16.7. The lowest BCUT2D eigenvalue weighted by Gasteiger charge is -2.32. The van der Waals surface area contributed by atoms with Crippen LogP contribution in [0.4, 0.5) is 34.9 Å². The minimum atomic E-state index is -0.364. The first-order valence-electron chi connectivity index (χ1n) is 30.1. The Hall–Kier alpha value is -7.04. The van der Waals surface area contributed by atoms with Crippen LogP contribution in [0.5, 0.6) is 11.5 Å². The number of fused-ring (bicyclic) bond motifs is 2. The van der Waals surface area contributed by atoms with Crippen molar-refractivity contribution in [3.8, 4) is 11.5 Å². The van der Waals surface area contributed by atoms with Crippen LogP contribution in [0.3, 0.4) is 0 Å². The maximum atomic E-state index is 12.3. The van der Waals surface area contributed by atoms with Gasteiger partial charge in [0.05, 0.1) is 25.9 Å². The van der Waals surface area contributed by atoms with Crippen molar-refractivity contribution < 1.29 is 33.4 Å². The van der Waals surface area contributed by atoms with Crippen molar-refractivity contribution in [2.75, 3.05) is 61.0 Å². The highest BCUT2D eigenvalue weighted by Crippen LogP contribution is 2.35. The third-order valence-electron chi connectivity index (χ3n) is 16.1. The van der Waals surface area contributed by atoms with E-state index in [1.807, 2.05) is 54.9 Å². The van der Waals surface area contributed by atoms with E-state index in [1.165, 1.54) is 64.2 Å². The highest BCUT2D eigenvalue weighted by Gasteiger charge is 2.28. The van der Waals surface area contributed by atoms with Gasteiger partial charge in [0.15, 0.2) is 34.2 Å². The van der Waals surface area contributed by atoms with Gasteiger partial charge in [-0.1, -0.05) is 77.2 Å². The molecule has 6 N–H and O–H groups in total. The smallest absolute Gasteiger partial charge is 0.324 e. The Labute approximate surface area is 488 Å². The second-order valence-corrected chi connectivity index (χ2v) is 21.9. The van der Waals surface area contributed by atoms with Crippen LogP contribution in [0.25, 0.3) is 22.3 Å². The molecule has 2 aliphatic heterocycles. The molecule has 0 radical (unpaired) electrons. The van der Waals surface area contributed by atoms with Gasteiger partial charge in [0, 0.05) is 63.6 Å². The SMILES string of the molecule is C.CN(c1nc(Nc2ccc(OCCCCCCC(=O)C3CCCCO3)cc2)nc2c1ncn2C1CCCCO1)C1CCCCC1.CN(c1nc(Nc2ccc(OCCCCCCC(=O)ON)cc2)nc2nc[nH]c12)C1CCCCC1.N=O. The fourth-order valence-electron chi connectivity index (χ4n) is 11.4. The summed E-state index contributed by atoms with van der Waals surface area (Å²) in [6, 6.07) is 16.7. The van der Waals surface area contributed by atoms with E-state index >= 15 is 0 Å². The van der Waals surface area contributed by atoms with Gasteiger partial charge >= 0.3 is 5.97 Å². The van der Waals surface area contributed by atoms with Crippen LogP contribution in [-0.2, 0) is 23.9 Å². The van der Waals surface area contributed by atoms with E-state index in [1.54, 1.807) is 6.33 Å². The molecule has 0 spiro atoms. The van der Waals surface area contributed by atoms with Crippen LogP contribution in [-0.4, -0.2) is 110 Å². The number of carbonyl (C=O) groups excluding carboxylic acids is 2. The van der Waals surface area contributed by atoms with Crippen molar-refractivity contribution in [1.82, 2.24) is 39.5 Å². The van der Waals surface area contributed by atoms with E-state index in [-0.39, 0.29) is 31.5 Å². The quantitative estimate of drug-likeness (QED) is 0.0192. The molecule has 2 saturated carbocycles. The molecule has 0 bridgehead atoms. The maximum absolute atomic E-state index is 12.3. The topological polar surface area (TPSA) is 276 Å².